The molecule has 144 valence electrons. The second-order valence-corrected chi connectivity index (χ2v) is 8.98. The lowest BCUT2D eigenvalue weighted by Gasteiger charge is -2.18. The van der Waals surface area contributed by atoms with Gasteiger partial charge in [0.25, 0.3) is 10.2 Å². The third-order valence-corrected chi connectivity index (χ3v) is 6.63. The largest absolute Gasteiger partial charge is 0.338 e. The molecule has 1 N–H and O–H groups in total. The van der Waals surface area contributed by atoms with Gasteiger partial charge in [0.2, 0.25) is 0 Å². The molecule has 3 aromatic rings. The molecule has 28 heavy (non-hydrogen) atoms. The summed E-state index contributed by atoms with van der Waals surface area (Å²) in [5, 5.41) is 10.3. The highest BCUT2D eigenvalue weighted by Gasteiger charge is 2.31. The number of rotatable bonds is 5. The molecule has 9 heteroatoms. The molecule has 1 aromatic carbocycles. The van der Waals surface area contributed by atoms with E-state index in [1.54, 1.807) is 24.7 Å². The van der Waals surface area contributed by atoms with Gasteiger partial charge in [-0.05, 0) is 30.2 Å². The zero-order chi connectivity index (χ0) is 19.9. The molecule has 0 fully saturated rings. The first-order valence-corrected chi connectivity index (χ1v) is 10.3. The molecule has 1 unspecified atom stereocenters. The molecule has 0 amide bonds. The van der Waals surface area contributed by atoms with Crippen molar-refractivity contribution in [2.75, 3.05) is 14.1 Å². The first kappa shape index (κ1) is 18.6. The molecule has 0 bridgehead atoms. The molecule has 8 nitrogen and oxygen atoms in total. The molecule has 2 aromatic heterocycles. The zero-order valence-electron chi connectivity index (χ0n) is 15.6. The molecule has 1 aliphatic carbocycles. The van der Waals surface area contributed by atoms with Crippen molar-refractivity contribution in [1.29, 1.82) is 5.26 Å². The van der Waals surface area contributed by atoms with Gasteiger partial charge in [-0.1, -0.05) is 0 Å². The van der Waals surface area contributed by atoms with E-state index in [0.717, 1.165) is 27.9 Å². The maximum atomic E-state index is 12.2. The molecular weight excluding hydrogens is 376 g/mol. The zero-order valence-corrected chi connectivity index (χ0v) is 16.4. The van der Waals surface area contributed by atoms with Gasteiger partial charge >= 0.3 is 0 Å². The van der Waals surface area contributed by atoms with Gasteiger partial charge < -0.3 is 4.57 Å². The first-order valence-electron chi connectivity index (χ1n) is 8.88. The van der Waals surface area contributed by atoms with Crippen LogP contribution in [0.3, 0.4) is 0 Å². The highest BCUT2D eigenvalue weighted by molar-refractivity contribution is 7.87. The quantitative estimate of drug-likeness (QED) is 0.698. The standard InChI is InChI=1S/C19H20N6O2S/c1-24(2)28(26,27)23-14-8-17-16-7-13(10-20)3-4-18(16)25(19(17)9-14)12-15-11-21-5-6-22-15/h3-7,11,14,23H,8-9,12H2,1-2H3. The molecule has 0 radical (unpaired) electrons. The van der Waals surface area contributed by atoms with Gasteiger partial charge in [-0.25, -0.2) is 0 Å². The normalized spacial score (nSPS) is 16.4. The van der Waals surface area contributed by atoms with E-state index in [1.165, 1.54) is 18.4 Å². The third-order valence-electron chi connectivity index (χ3n) is 5.04. The number of nitrogens with zero attached hydrogens (tertiary/aromatic N) is 5. The number of benzene rings is 1. The third kappa shape index (κ3) is 3.26. The van der Waals surface area contributed by atoms with Crippen molar-refractivity contribution in [3.8, 4) is 6.07 Å². The average Bonchev–Trinajstić information content (AvgIpc) is 3.19. The minimum absolute atomic E-state index is 0.222. The lowest BCUT2D eigenvalue weighted by molar-refractivity contribution is 0.487. The lowest BCUT2D eigenvalue weighted by Crippen LogP contribution is -2.42. The van der Waals surface area contributed by atoms with Crippen molar-refractivity contribution >= 4 is 21.1 Å². The topological polar surface area (TPSA) is 104 Å². The number of hydrogen-bond donors (Lipinski definition) is 1. The van der Waals surface area contributed by atoms with Crippen LogP contribution in [0.4, 0.5) is 0 Å². The van der Waals surface area contributed by atoms with E-state index < -0.39 is 10.2 Å². The van der Waals surface area contributed by atoms with Crippen LogP contribution in [0.1, 0.15) is 22.5 Å². The summed E-state index contributed by atoms with van der Waals surface area (Å²) in [7, 11) is -0.501. The molecule has 0 spiro atoms. The van der Waals surface area contributed by atoms with Crippen molar-refractivity contribution in [2.45, 2.75) is 25.4 Å². The molecule has 0 saturated heterocycles. The van der Waals surface area contributed by atoms with Crippen LogP contribution in [0.5, 0.6) is 0 Å². The smallest absolute Gasteiger partial charge is 0.279 e. The van der Waals surface area contributed by atoms with E-state index in [9.17, 15) is 13.7 Å². The summed E-state index contributed by atoms with van der Waals surface area (Å²) >= 11 is 0. The van der Waals surface area contributed by atoms with Crippen LogP contribution >= 0.6 is 0 Å². The second kappa shape index (κ2) is 6.98. The van der Waals surface area contributed by atoms with Gasteiger partial charge in [0, 0.05) is 55.5 Å². The second-order valence-electron chi connectivity index (χ2n) is 7.06. The van der Waals surface area contributed by atoms with Crippen molar-refractivity contribution in [2.24, 2.45) is 0 Å². The fraction of sp³-hybridized carbons (Fsp3) is 0.316. The Kier molecular flexibility index (Phi) is 4.63. The van der Waals surface area contributed by atoms with Gasteiger partial charge in [0.05, 0.1) is 30.1 Å². The lowest BCUT2D eigenvalue weighted by atomic mass is 10.1. The van der Waals surface area contributed by atoms with Crippen LogP contribution in [0.25, 0.3) is 10.9 Å². The van der Waals surface area contributed by atoms with E-state index in [1.807, 2.05) is 12.1 Å². The Bertz CT molecular complexity index is 1180. The number of fused-ring (bicyclic) bond motifs is 3. The van der Waals surface area contributed by atoms with Crippen LogP contribution in [-0.2, 0) is 29.6 Å². The Morgan fingerprint density at radius 1 is 1.32 bits per heavy atom. The minimum Gasteiger partial charge on any atom is -0.338 e. The summed E-state index contributed by atoms with van der Waals surface area (Å²) in [6.07, 6.45) is 6.18. The Morgan fingerprint density at radius 2 is 2.14 bits per heavy atom. The van der Waals surface area contributed by atoms with Crippen LogP contribution in [0.15, 0.2) is 36.8 Å². The summed E-state index contributed by atoms with van der Waals surface area (Å²) < 4.78 is 30.6. The predicted molar refractivity (Wildman–Crippen MR) is 105 cm³/mol. The molecule has 0 aliphatic heterocycles. The summed E-state index contributed by atoms with van der Waals surface area (Å²) in [5.41, 5.74) is 4.58. The SMILES string of the molecule is CN(C)S(=O)(=O)NC1Cc2c(n(Cc3cnccn3)c3ccc(C#N)cc23)C1. The van der Waals surface area contributed by atoms with Gasteiger partial charge in [-0.2, -0.15) is 22.7 Å². The maximum Gasteiger partial charge on any atom is 0.279 e. The van der Waals surface area contributed by atoms with Crippen LogP contribution < -0.4 is 4.72 Å². The highest BCUT2D eigenvalue weighted by Crippen LogP contribution is 2.34. The average molecular weight is 396 g/mol. The summed E-state index contributed by atoms with van der Waals surface area (Å²) in [6, 6.07) is 7.59. The molecular formula is C19H20N6O2S. The van der Waals surface area contributed by atoms with Crippen molar-refractivity contribution in [1.82, 2.24) is 23.6 Å². The Labute approximate surface area is 163 Å². The van der Waals surface area contributed by atoms with E-state index >= 15 is 0 Å². The Hall–Kier alpha value is -2.80. The Balaban J connectivity index is 1.77. The van der Waals surface area contributed by atoms with Crippen molar-refractivity contribution in [3.63, 3.8) is 0 Å². The Morgan fingerprint density at radius 3 is 2.82 bits per heavy atom. The molecule has 2 heterocycles. The van der Waals surface area contributed by atoms with E-state index in [0.29, 0.717) is 24.9 Å². The van der Waals surface area contributed by atoms with Crippen LogP contribution in [-0.4, -0.2) is 47.4 Å². The first-order chi connectivity index (χ1) is 13.4. The van der Waals surface area contributed by atoms with E-state index in [2.05, 4.69) is 25.3 Å². The van der Waals surface area contributed by atoms with Gasteiger partial charge in [-0.3, -0.25) is 9.97 Å². The fourth-order valence-electron chi connectivity index (χ4n) is 3.71. The molecule has 1 atom stereocenters. The number of hydrogen-bond acceptors (Lipinski definition) is 5. The van der Waals surface area contributed by atoms with E-state index in [-0.39, 0.29) is 6.04 Å². The monoisotopic (exact) mass is 396 g/mol. The summed E-state index contributed by atoms with van der Waals surface area (Å²) in [6.45, 7) is 0.540. The number of nitrogens with one attached hydrogen (secondary N) is 1. The van der Waals surface area contributed by atoms with Crippen molar-refractivity contribution < 1.29 is 8.42 Å². The van der Waals surface area contributed by atoms with Gasteiger partial charge in [0.15, 0.2) is 0 Å². The molecule has 4 rings (SSSR count). The highest BCUT2D eigenvalue weighted by atomic mass is 32.2. The molecule has 0 saturated carbocycles. The fourth-order valence-corrected chi connectivity index (χ4v) is 4.51. The minimum atomic E-state index is -3.52. The molecule has 1 aliphatic rings. The summed E-state index contributed by atoms with van der Waals surface area (Å²) in [5.74, 6) is 0. The summed E-state index contributed by atoms with van der Waals surface area (Å²) in [4.78, 5) is 8.50. The van der Waals surface area contributed by atoms with Crippen molar-refractivity contribution in [3.05, 3.63) is 59.3 Å². The van der Waals surface area contributed by atoms with E-state index in [4.69, 9.17) is 0 Å². The number of nitriles is 1. The van der Waals surface area contributed by atoms with Gasteiger partial charge in [0.1, 0.15) is 0 Å². The van der Waals surface area contributed by atoms with Crippen LogP contribution in [0, 0.1) is 11.3 Å². The van der Waals surface area contributed by atoms with Gasteiger partial charge in [-0.15, -0.1) is 0 Å². The predicted octanol–water partition coefficient (Wildman–Crippen LogP) is 1.21. The maximum absolute atomic E-state index is 12.2. The number of aromatic nitrogens is 3. The van der Waals surface area contributed by atoms with Crippen LogP contribution in [0.2, 0.25) is 0 Å².